The lowest BCUT2D eigenvalue weighted by atomic mass is 10.0. The summed E-state index contributed by atoms with van der Waals surface area (Å²) < 4.78 is 0. The predicted octanol–water partition coefficient (Wildman–Crippen LogP) is 3.62. The molecule has 86 valence electrons. The van der Waals surface area contributed by atoms with E-state index in [-0.39, 0.29) is 11.7 Å². The Kier molecular flexibility index (Phi) is 3.99. The first-order valence-corrected chi connectivity index (χ1v) is 5.55. The Labute approximate surface area is 97.4 Å². The number of benzene rings is 1. The van der Waals surface area contributed by atoms with Crippen LogP contribution in [0.5, 0.6) is 0 Å². The molecule has 1 atom stereocenters. The van der Waals surface area contributed by atoms with Crippen molar-refractivity contribution >= 4 is 17.2 Å². The van der Waals surface area contributed by atoms with E-state index in [4.69, 9.17) is 0 Å². The number of nitrogens with zero attached hydrogens (tertiary/aromatic N) is 1. The zero-order valence-corrected chi connectivity index (χ0v) is 10.7. The van der Waals surface area contributed by atoms with Crippen LogP contribution in [0.4, 0.5) is 5.69 Å². The molecule has 2 nitrogen and oxygen atoms in total. The van der Waals surface area contributed by atoms with Crippen LogP contribution in [-0.2, 0) is 4.79 Å². The molecule has 0 N–H and O–H groups in total. The standard InChI is InChI=1S/C14H19NO/c1-9-7-6-8-10(2)14(9)15-12(4)11(3)13(5)16/h6-8,11H,1-5H3. The lowest BCUT2D eigenvalue weighted by Crippen LogP contribution is -2.15. The number of hydrogen-bond acceptors (Lipinski definition) is 2. The second-order valence-corrected chi connectivity index (χ2v) is 4.33. The summed E-state index contributed by atoms with van der Waals surface area (Å²) in [5, 5.41) is 0. The first-order chi connectivity index (χ1) is 7.43. The van der Waals surface area contributed by atoms with Crippen LogP contribution in [0.2, 0.25) is 0 Å². The Balaban J connectivity index is 3.12. The summed E-state index contributed by atoms with van der Waals surface area (Å²) >= 11 is 0. The normalized spacial score (nSPS) is 13.7. The van der Waals surface area contributed by atoms with Gasteiger partial charge in [-0.3, -0.25) is 9.79 Å². The van der Waals surface area contributed by atoms with Crippen LogP contribution in [0.3, 0.4) is 0 Å². The van der Waals surface area contributed by atoms with Crippen LogP contribution in [0.1, 0.15) is 31.9 Å². The highest BCUT2D eigenvalue weighted by molar-refractivity contribution is 6.03. The average molecular weight is 217 g/mol. The van der Waals surface area contributed by atoms with Gasteiger partial charge in [0.05, 0.1) is 11.6 Å². The summed E-state index contributed by atoms with van der Waals surface area (Å²) in [6, 6.07) is 6.10. The van der Waals surface area contributed by atoms with Gasteiger partial charge in [-0.2, -0.15) is 0 Å². The Morgan fingerprint density at radius 3 is 2.12 bits per heavy atom. The zero-order valence-electron chi connectivity index (χ0n) is 10.7. The van der Waals surface area contributed by atoms with Crippen molar-refractivity contribution in [3.05, 3.63) is 29.3 Å². The summed E-state index contributed by atoms with van der Waals surface area (Å²) in [7, 11) is 0. The molecule has 1 aromatic rings. The second kappa shape index (κ2) is 5.06. The van der Waals surface area contributed by atoms with Crippen molar-refractivity contribution in [3.8, 4) is 0 Å². The molecule has 16 heavy (non-hydrogen) atoms. The molecule has 1 aromatic carbocycles. The smallest absolute Gasteiger partial charge is 0.138 e. The molecule has 0 saturated carbocycles. The summed E-state index contributed by atoms with van der Waals surface area (Å²) in [6.07, 6.45) is 0. The predicted molar refractivity (Wildman–Crippen MR) is 68.5 cm³/mol. The first kappa shape index (κ1) is 12.6. The summed E-state index contributed by atoms with van der Waals surface area (Å²) in [6.45, 7) is 9.50. The summed E-state index contributed by atoms with van der Waals surface area (Å²) in [4.78, 5) is 15.8. The number of aliphatic imine (C=N–C) groups is 1. The van der Waals surface area contributed by atoms with E-state index in [1.54, 1.807) is 6.92 Å². The SMILES string of the molecule is CC(=O)C(C)C(C)=Nc1c(C)cccc1C. The molecular formula is C14H19NO. The van der Waals surface area contributed by atoms with Gasteiger partial charge in [0.15, 0.2) is 0 Å². The van der Waals surface area contributed by atoms with Crippen LogP contribution < -0.4 is 0 Å². The van der Waals surface area contributed by atoms with Crippen LogP contribution in [-0.4, -0.2) is 11.5 Å². The molecule has 0 heterocycles. The van der Waals surface area contributed by atoms with Gasteiger partial charge in [0.25, 0.3) is 0 Å². The van der Waals surface area contributed by atoms with Gasteiger partial charge >= 0.3 is 0 Å². The molecule has 0 saturated heterocycles. The maximum Gasteiger partial charge on any atom is 0.138 e. The van der Waals surface area contributed by atoms with Crippen molar-refractivity contribution in [2.45, 2.75) is 34.6 Å². The first-order valence-electron chi connectivity index (χ1n) is 5.55. The van der Waals surface area contributed by atoms with E-state index in [2.05, 4.69) is 4.99 Å². The highest BCUT2D eigenvalue weighted by Gasteiger charge is 2.11. The Morgan fingerprint density at radius 1 is 1.19 bits per heavy atom. The van der Waals surface area contributed by atoms with Gasteiger partial charge in [0.2, 0.25) is 0 Å². The fourth-order valence-corrected chi connectivity index (χ4v) is 1.55. The van der Waals surface area contributed by atoms with Crippen molar-refractivity contribution in [1.82, 2.24) is 0 Å². The maximum atomic E-state index is 11.3. The Hall–Kier alpha value is -1.44. The van der Waals surface area contributed by atoms with Crippen LogP contribution >= 0.6 is 0 Å². The molecule has 0 aromatic heterocycles. The average Bonchev–Trinajstić information content (AvgIpc) is 2.22. The quantitative estimate of drug-likeness (QED) is 0.711. The van der Waals surface area contributed by atoms with Gasteiger partial charge in [0, 0.05) is 5.71 Å². The highest BCUT2D eigenvalue weighted by atomic mass is 16.1. The van der Waals surface area contributed by atoms with E-state index in [9.17, 15) is 4.79 Å². The molecule has 2 heteroatoms. The molecule has 0 spiro atoms. The van der Waals surface area contributed by atoms with Crippen molar-refractivity contribution in [3.63, 3.8) is 0 Å². The largest absolute Gasteiger partial charge is 0.299 e. The minimum absolute atomic E-state index is 0.0981. The highest BCUT2D eigenvalue weighted by Crippen LogP contribution is 2.24. The van der Waals surface area contributed by atoms with E-state index in [1.165, 1.54) is 0 Å². The number of para-hydroxylation sites is 1. The van der Waals surface area contributed by atoms with E-state index in [0.29, 0.717) is 0 Å². The molecular weight excluding hydrogens is 198 g/mol. The van der Waals surface area contributed by atoms with Crippen molar-refractivity contribution in [1.29, 1.82) is 0 Å². The minimum Gasteiger partial charge on any atom is -0.299 e. The molecule has 0 aliphatic carbocycles. The maximum absolute atomic E-state index is 11.3. The Bertz CT molecular complexity index is 412. The van der Waals surface area contributed by atoms with Gasteiger partial charge in [0.1, 0.15) is 5.78 Å². The fraction of sp³-hybridized carbons (Fsp3) is 0.429. The van der Waals surface area contributed by atoms with E-state index < -0.39 is 0 Å². The number of carbonyl (C=O) groups excluding carboxylic acids is 1. The van der Waals surface area contributed by atoms with Crippen molar-refractivity contribution in [2.24, 2.45) is 10.9 Å². The topological polar surface area (TPSA) is 29.4 Å². The van der Waals surface area contributed by atoms with E-state index >= 15 is 0 Å². The fourth-order valence-electron chi connectivity index (χ4n) is 1.55. The molecule has 1 unspecified atom stereocenters. The number of aryl methyl sites for hydroxylation is 2. The second-order valence-electron chi connectivity index (χ2n) is 4.33. The Morgan fingerprint density at radius 2 is 1.69 bits per heavy atom. The van der Waals surface area contributed by atoms with Crippen LogP contribution in [0.25, 0.3) is 0 Å². The number of hydrogen-bond donors (Lipinski definition) is 0. The number of rotatable bonds is 3. The summed E-state index contributed by atoms with van der Waals surface area (Å²) in [5.41, 5.74) is 4.17. The summed E-state index contributed by atoms with van der Waals surface area (Å²) in [5.74, 6) is 0.0616. The minimum atomic E-state index is -0.0981. The van der Waals surface area contributed by atoms with Gasteiger partial charge in [-0.25, -0.2) is 0 Å². The molecule has 0 aliphatic heterocycles. The third-order valence-corrected chi connectivity index (χ3v) is 2.96. The zero-order chi connectivity index (χ0) is 12.3. The van der Waals surface area contributed by atoms with Crippen molar-refractivity contribution in [2.75, 3.05) is 0 Å². The molecule has 0 fully saturated rings. The van der Waals surface area contributed by atoms with Gasteiger partial charge in [-0.15, -0.1) is 0 Å². The number of ketones is 1. The molecule has 0 radical (unpaired) electrons. The lowest BCUT2D eigenvalue weighted by molar-refractivity contribution is -0.118. The molecule has 0 aliphatic rings. The third-order valence-electron chi connectivity index (χ3n) is 2.96. The lowest BCUT2D eigenvalue weighted by Gasteiger charge is -2.10. The van der Waals surface area contributed by atoms with E-state index in [1.807, 2.05) is 45.9 Å². The van der Waals surface area contributed by atoms with Gasteiger partial charge in [-0.05, 0) is 38.8 Å². The molecule has 0 amide bonds. The van der Waals surface area contributed by atoms with Crippen molar-refractivity contribution < 1.29 is 4.79 Å². The number of Topliss-reactive ketones (excluding diaryl/α,β-unsaturated/α-hetero) is 1. The van der Waals surface area contributed by atoms with Gasteiger partial charge in [-0.1, -0.05) is 25.1 Å². The molecule has 0 bridgehead atoms. The van der Waals surface area contributed by atoms with Crippen LogP contribution in [0, 0.1) is 19.8 Å². The van der Waals surface area contributed by atoms with E-state index in [0.717, 1.165) is 22.5 Å². The molecule has 1 rings (SSSR count). The van der Waals surface area contributed by atoms with Crippen LogP contribution in [0.15, 0.2) is 23.2 Å². The monoisotopic (exact) mass is 217 g/mol. The van der Waals surface area contributed by atoms with Gasteiger partial charge < -0.3 is 0 Å². The number of carbonyl (C=O) groups is 1. The third kappa shape index (κ3) is 2.78.